The Morgan fingerprint density at radius 2 is 1.29 bits per heavy atom. The molecule has 9 atom stereocenters. The number of aromatic nitrogens is 12. The third kappa shape index (κ3) is 14.0. The summed E-state index contributed by atoms with van der Waals surface area (Å²) in [5.41, 5.74) is 6.60. The van der Waals surface area contributed by atoms with E-state index in [2.05, 4.69) is 107 Å². The van der Waals surface area contributed by atoms with Gasteiger partial charge in [-0.25, -0.2) is 24.9 Å². The number of nitrogens with zero attached hydrogens (tertiary/aromatic N) is 11. The van der Waals surface area contributed by atoms with Crippen molar-refractivity contribution in [1.29, 1.82) is 0 Å². The summed E-state index contributed by atoms with van der Waals surface area (Å²) >= 11 is 0. The second kappa shape index (κ2) is 28.0. The Morgan fingerprint density at radius 3 is 1.83 bits per heavy atom. The summed E-state index contributed by atoms with van der Waals surface area (Å²) in [5, 5.41) is 19.3. The Morgan fingerprint density at radius 1 is 0.787 bits per heavy atom. The van der Waals surface area contributed by atoms with Gasteiger partial charge in [-0.2, -0.15) is 33.1 Å². The maximum Gasteiger partial charge on any atom is 0.312 e. The van der Waals surface area contributed by atoms with E-state index in [0.717, 1.165) is 38.5 Å². The van der Waals surface area contributed by atoms with Gasteiger partial charge in [0.15, 0.2) is 40.2 Å². The second-order valence-corrected chi connectivity index (χ2v) is 17.1. The number of ether oxygens (including phenoxy) is 4. The van der Waals surface area contributed by atoms with Crippen molar-refractivity contribution in [3.63, 3.8) is 0 Å². The lowest BCUT2D eigenvalue weighted by molar-refractivity contribution is -0.154. The van der Waals surface area contributed by atoms with Crippen molar-refractivity contribution < 1.29 is 42.3 Å². The molecule has 0 aromatic carbocycles. The number of nitrogens with one attached hydrogen (secondary N) is 1. The molecule has 9 heterocycles. The third-order valence-electron chi connectivity index (χ3n) is 12.6. The van der Waals surface area contributed by atoms with Crippen LogP contribution in [0, 0.1) is 93.3 Å². The average Bonchev–Trinajstić information content (AvgIpc) is 4.22. The summed E-state index contributed by atoms with van der Waals surface area (Å²) in [5.74, 6) is 10.6. The SMILES string of the molecule is C.C.C.C#CC.C#C[C@]1(CC)OC(OCCCC=C)C[C@@H]1C.C#C[C@]1(CC)O[C@@H](n2cnc3c(C)nc(F)nc32)C[C@@H]1C.C#C[C@]1(CO)O[C@@H](n2cnc3c(N)nc(F)nc32)C[C@@H]1O.Cc1nc(F)nc2nc[nH]c12. The number of H-pyrrole nitrogens is 1. The molecule has 1 unspecified atom stereocenters. The number of anilines is 1. The monoisotopic (exact) mass is 1040 g/mol. The van der Waals surface area contributed by atoms with Crippen molar-refractivity contribution in [2.75, 3.05) is 18.9 Å². The number of hydrogen-bond acceptors (Lipinski definition) is 16. The molecular weight excluding hydrogens is 972 g/mol. The highest BCUT2D eigenvalue weighted by molar-refractivity contribution is 5.81. The Bertz CT molecular complexity index is 2870. The molecule has 0 spiro atoms. The van der Waals surface area contributed by atoms with Crippen LogP contribution in [0.25, 0.3) is 33.5 Å². The lowest BCUT2D eigenvalue weighted by atomic mass is 9.87. The third-order valence-corrected chi connectivity index (χ3v) is 12.6. The van der Waals surface area contributed by atoms with E-state index in [4.69, 9.17) is 44.0 Å². The van der Waals surface area contributed by atoms with E-state index in [9.17, 15) is 23.4 Å². The predicted molar refractivity (Wildman–Crippen MR) is 282 cm³/mol. The molecule has 6 aromatic heterocycles. The molecule has 0 bridgehead atoms. The van der Waals surface area contributed by atoms with Gasteiger partial charge in [-0.1, -0.05) is 73.8 Å². The van der Waals surface area contributed by atoms with Crippen LogP contribution in [0.2, 0.25) is 0 Å². The Hall–Kier alpha value is -7.02. The van der Waals surface area contributed by atoms with E-state index in [0.29, 0.717) is 46.2 Å². The second-order valence-electron chi connectivity index (χ2n) is 17.1. The normalized spacial score (nSPS) is 25.0. The van der Waals surface area contributed by atoms with E-state index >= 15 is 0 Å². The molecule has 19 nitrogen and oxygen atoms in total. The standard InChI is InChI=1S/C15H17FN4O.C14H22O2.C12H12FN5O3.C6H5FN4.C3H4.3CH4/c1-5-15(6-2)9(3)7-11(21-15)20-8-17-12-10(4)18-14(16)19-13(12)20;1-5-8-9-10-15-13-11-12(4)14(6-2,7-3)16-13;1-2-12(4-19)6(20)3-7(21-12)18-5-15-8-9(14)16-11(13)17-10(8)18;1-3-4-5(9-2-8-4)11-6(7)10-3;1-3-2;;;/h1,8-9,11H,6-7H2,2-4H3;2,5,12-13H,1,7-11H2,3-4H3;1,5-7,19-20H,3-4H2,(H2,14,16,17);2H,1H3,(H,8,9,10,11);1H,2H3;3*1H4/t9-,11+,15+;12-,13?,14+;6-,7+,12+;;;;;/m000...../s1. The molecule has 0 radical (unpaired) electrons. The van der Waals surface area contributed by atoms with Gasteiger partial charge in [0.05, 0.1) is 43.6 Å². The van der Waals surface area contributed by atoms with Crippen LogP contribution in [-0.2, 0) is 18.9 Å². The number of allylic oxidation sites excluding steroid dienone is 1. The van der Waals surface area contributed by atoms with E-state index in [-0.39, 0.29) is 64.1 Å². The molecular formula is C53H72F3N13O6. The molecule has 3 aliphatic heterocycles. The Kier molecular flexibility index (Phi) is 24.0. The van der Waals surface area contributed by atoms with Gasteiger partial charge in [-0.15, -0.1) is 38.2 Å². The Labute approximate surface area is 438 Å². The van der Waals surface area contributed by atoms with E-state index in [1.807, 2.05) is 13.0 Å². The van der Waals surface area contributed by atoms with Crippen LogP contribution in [-0.4, -0.2) is 112 Å². The first-order valence-electron chi connectivity index (χ1n) is 23.1. The number of aliphatic hydroxyl groups is 2. The fourth-order valence-electron chi connectivity index (χ4n) is 8.45. The lowest BCUT2D eigenvalue weighted by Crippen LogP contribution is -2.41. The fraction of sp³-hybridized carbons (Fsp3) is 0.528. The van der Waals surface area contributed by atoms with Gasteiger partial charge in [0, 0.05) is 24.7 Å². The smallest absolute Gasteiger partial charge is 0.312 e. The minimum Gasteiger partial charge on any atom is -0.392 e. The predicted octanol–water partition coefficient (Wildman–Crippen LogP) is 8.28. The van der Waals surface area contributed by atoms with Gasteiger partial charge in [-0.3, -0.25) is 9.13 Å². The van der Waals surface area contributed by atoms with E-state index in [1.54, 1.807) is 31.7 Å². The summed E-state index contributed by atoms with van der Waals surface area (Å²) in [6.45, 7) is 17.2. The van der Waals surface area contributed by atoms with E-state index in [1.165, 1.54) is 17.2 Å². The minimum atomic E-state index is -1.50. The molecule has 75 heavy (non-hydrogen) atoms. The van der Waals surface area contributed by atoms with Gasteiger partial charge >= 0.3 is 18.2 Å². The maximum absolute atomic E-state index is 13.5. The summed E-state index contributed by atoms with van der Waals surface area (Å²) in [6, 6.07) is 0. The van der Waals surface area contributed by atoms with Crippen LogP contribution in [0.3, 0.4) is 0 Å². The van der Waals surface area contributed by atoms with Crippen molar-refractivity contribution in [2.24, 2.45) is 11.8 Å². The van der Waals surface area contributed by atoms with Crippen LogP contribution in [0.15, 0.2) is 31.6 Å². The van der Waals surface area contributed by atoms with Crippen molar-refractivity contribution in [3.8, 4) is 49.4 Å². The van der Waals surface area contributed by atoms with Crippen molar-refractivity contribution in [2.45, 2.75) is 157 Å². The molecule has 5 N–H and O–H groups in total. The molecule has 0 saturated carbocycles. The van der Waals surface area contributed by atoms with Gasteiger partial charge in [-0.05, 0) is 52.9 Å². The number of aliphatic hydroxyl groups excluding tert-OH is 2. The first-order valence-corrected chi connectivity index (χ1v) is 23.1. The molecule has 0 aliphatic carbocycles. The van der Waals surface area contributed by atoms with Gasteiger partial charge in [0.1, 0.15) is 40.8 Å². The average molecular weight is 1040 g/mol. The zero-order valence-corrected chi connectivity index (χ0v) is 41.3. The molecule has 22 heteroatoms. The number of aryl methyl sites for hydroxylation is 2. The van der Waals surface area contributed by atoms with Gasteiger partial charge in [0.2, 0.25) is 0 Å². The van der Waals surface area contributed by atoms with Crippen LogP contribution in [0.1, 0.15) is 126 Å². The van der Waals surface area contributed by atoms with Gasteiger partial charge < -0.3 is 39.9 Å². The number of fused-ring (bicyclic) bond motifs is 3. The molecule has 406 valence electrons. The highest BCUT2D eigenvalue weighted by atomic mass is 19.1. The summed E-state index contributed by atoms with van der Waals surface area (Å²) in [6.07, 6.45) is 28.0. The largest absolute Gasteiger partial charge is 0.392 e. The van der Waals surface area contributed by atoms with Crippen molar-refractivity contribution in [1.82, 2.24) is 59.0 Å². The lowest BCUT2D eigenvalue weighted by Gasteiger charge is -2.25. The highest BCUT2D eigenvalue weighted by Gasteiger charge is 2.48. The van der Waals surface area contributed by atoms with Gasteiger partial charge in [0.25, 0.3) is 0 Å². The van der Waals surface area contributed by atoms with Crippen LogP contribution in [0.5, 0.6) is 0 Å². The number of nitrogen functional groups attached to an aromatic ring is 1. The number of terminal acetylenes is 4. The zero-order chi connectivity index (χ0) is 53.0. The summed E-state index contributed by atoms with van der Waals surface area (Å²) < 4.78 is 65.6. The van der Waals surface area contributed by atoms with E-state index < -0.39 is 54.0 Å². The fourth-order valence-corrected chi connectivity index (χ4v) is 8.45. The summed E-state index contributed by atoms with van der Waals surface area (Å²) in [4.78, 5) is 36.4. The number of imidazole rings is 3. The number of aromatic amines is 1. The van der Waals surface area contributed by atoms with Crippen LogP contribution < -0.4 is 5.73 Å². The van der Waals surface area contributed by atoms with Crippen molar-refractivity contribution in [3.05, 3.63) is 61.3 Å². The highest BCUT2D eigenvalue weighted by Crippen LogP contribution is 2.44. The summed E-state index contributed by atoms with van der Waals surface area (Å²) in [7, 11) is 0. The molecule has 3 fully saturated rings. The zero-order valence-electron chi connectivity index (χ0n) is 41.3. The van der Waals surface area contributed by atoms with Crippen LogP contribution >= 0.6 is 0 Å². The minimum absolute atomic E-state index is 0. The number of rotatable bonds is 10. The molecule has 6 aromatic rings. The molecule has 0 amide bonds. The molecule has 3 aliphatic rings. The topological polar surface area (TPSA) is 245 Å². The Balaban J connectivity index is 0.000000339. The molecule has 3 saturated heterocycles. The van der Waals surface area contributed by atoms with Crippen molar-refractivity contribution >= 4 is 39.3 Å². The quantitative estimate of drug-likeness (QED) is 0.0436. The first kappa shape index (κ1) is 64.1. The first-order chi connectivity index (χ1) is 34.4. The van der Waals surface area contributed by atoms with Crippen LogP contribution in [0.4, 0.5) is 19.0 Å². The maximum atomic E-state index is 13.5. The number of hydrogen-bond donors (Lipinski definition) is 4. The molecule has 9 rings (SSSR count). The number of nitrogens with two attached hydrogens (primary N) is 1. The number of halogens is 3. The number of unbranched alkanes of at least 4 members (excludes halogenated alkanes) is 1.